The molecule has 0 saturated carbocycles. The summed E-state index contributed by atoms with van der Waals surface area (Å²) in [7, 11) is 1.57. The molecule has 0 aliphatic rings. The van der Waals surface area contributed by atoms with Crippen LogP contribution in [0.4, 0.5) is 4.39 Å². The van der Waals surface area contributed by atoms with Crippen molar-refractivity contribution in [1.82, 2.24) is 5.32 Å². The lowest BCUT2D eigenvalue weighted by Crippen LogP contribution is -2.23. The fourth-order valence-corrected chi connectivity index (χ4v) is 2.64. The number of hydrogen-bond acceptors (Lipinski definition) is 2. The van der Waals surface area contributed by atoms with Gasteiger partial charge in [0.05, 0.1) is 13.2 Å². The third-order valence-corrected chi connectivity index (χ3v) is 3.76. The van der Waals surface area contributed by atoms with Crippen LogP contribution in [0.1, 0.15) is 24.1 Å². The van der Waals surface area contributed by atoms with Crippen molar-refractivity contribution in [3.05, 3.63) is 63.4 Å². The molecule has 2 rings (SSSR count). The Morgan fingerprint density at radius 1 is 1.14 bits per heavy atom. The van der Waals surface area contributed by atoms with Crippen molar-refractivity contribution in [3.63, 3.8) is 0 Å². The number of benzene rings is 2. The minimum Gasteiger partial charge on any atom is -0.496 e. The molecule has 0 fully saturated rings. The second-order valence-electron chi connectivity index (χ2n) is 4.54. The van der Waals surface area contributed by atoms with Crippen molar-refractivity contribution in [2.45, 2.75) is 13.0 Å². The first-order chi connectivity index (χ1) is 10.1. The van der Waals surface area contributed by atoms with Gasteiger partial charge in [-0.3, -0.25) is 0 Å². The van der Waals surface area contributed by atoms with Crippen LogP contribution in [0, 0.1) is 5.82 Å². The Kier molecular flexibility index (Phi) is 5.45. The zero-order valence-electron chi connectivity index (χ0n) is 11.8. The van der Waals surface area contributed by atoms with E-state index in [9.17, 15) is 4.39 Å². The van der Waals surface area contributed by atoms with E-state index in [4.69, 9.17) is 27.9 Å². The molecule has 1 unspecified atom stereocenters. The second kappa shape index (κ2) is 7.12. The minimum absolute atomic E-state index is 0.273. The van der Waals surface area contributed by atoms with Gasteiger partial charge in [0.15, 0.2) is 0 Å². The van der Waals surface area contributed by atoms with Gasteiger partial charge < -0.3 is 10.1 Å². The SMILES string of the molecule is CCNC(c1cc(F)ccc1Cl)c1ccc(Cl)cc1OC. The van der Waals surface area contributed by atoms with E-state index in [1.807, 2.05) is 13.0 Å². The molecule has 2 nitrogen and oxygen atoms in total. The first-order valence-electron chi connectivity index (χ1n) is 6.58. The summed E-state index contributed by atoms with van der Waals surface area (Å²) in [5, 5.41) is 4.38. The van der Waals surface area contributed by atoms with Crippen LogP contribution in [0.15, 0.2) is 36.4 Å². The molecule has 0 bridgehead atoms. The molecule has 21 heavy (non-hydrogen) atoms. The van der Waals surface area contributed by atoms with Gasteiger partial charge in [0, 0.05) is 15.6 Å². The smallest absolute Gasteiger partial charge is 0.125 e. The van der Waals surface area contributed by atoms with Crippen LogP contribution in [0.25, 0.3) is 0 Å². The third-order valence-electron chi connectivity index (χ3n) is 3.18. The van der Waals surface area contributed by atoms with Crippen molar-refractivity contribution < 1.29 is 9.13 Å². The van der Waals surface area contributed by atoms with Gasteiger partial charge in [-0.05, 0) is 42.4 Å². The zero-order valence-corrected chi connectivity index (χ0v) is 13.3. The number of rotatable bonds is 5. The Morgan fingerprint density at radius 3 is 2.57 bits per heavy atom. The largest absolute Gasteiger partial charge is 0.496 e. The summed E-state index contributed by atoms with van der Waals surface area (Å²) in [6, 6.07) is 9.42. The van der Waals surface area contributed by atoms with Gasteiger partial charge in [-0.2, -0.15) is 0 Å². The van der Waals surface area contributed by atoms with E-state index in [0.29, 0.717) is 27.9 Å². The molecular formula is C16H16Cl2FNO. The molecule has 0 radical (unpaired) electrons. The maximum Gasteiger partial charge on any atom is 0.125 e. The van der Waals surface area contributed by atoms with E-state index in [1.54, 1.807) is 25.3 Å². The first-order valence-corrected chi connectivity index (χ1v) is 7.34. The molecule has 1 N–H and O–H groups in total. The first kappa shape index (κ1) is 16.1. The van der Waals surface area contributed by atoms with Crippen molar-refractivity contribution in [2.75, 3.05) is 13.7 Å². The van der Waals surface area contributed by atoms with Crippen LogP contribution in [-0.2, 0) is 0 Å². The van der Waals surface area contributed by atoms with Gasteiger partial charge in [0.2, 0.25) is 0 Å². The number of nitrogens with one attached hydrogen (secondary N) is 1. The quantitative estimate of drug-likeness (QED) is 0.848. The lowest BCUT2D eigenvalue weighted by Gasteiger charge is -2.22. The highest BCUT2D eigenvalue weighted by atomic mass is 35.5. The van der Waals surface area contributed by atoms with Crippen LogP contribution in [0.2, 0.25) is 10.0 Å². The van der Waals surface area contributed by atoms with Crippen LogP contribution in [0.5, 0.6) is 5.75 Å². The van der Waals surface area contributed by atoms with Gasteiger partial charge in [-0.1, -0.05) is 36.2 Å². The molecule has 2 aromatic carbocycles. The molecule has 1 atom stereocenters. The van der Waals surface area contributed by atoms with E-state index < -0.39 is 0 Å². The van der Waals surface area contributed by atoms with Crippen LogP contribution >= 0.6 is 23.2 Å². The predicted octanol–water partition coefficient (Wildman–Crippen LogP) is 4.84. The number of ether oxygens (including phenoxy) is 1. The molecule has 0 aliphatic heterocycles. The average molecular weight is 328 g/mol. The summed E-state index contributed by atoms with van der Waals surface area (Å²) in [6.45, 7) is 2.67. The summed E-state index contributed by atoms with van der Waals surface area (Å²) in [6.07, 6.45) is 0. The highest BCUT2D eigenvalue weighted by Crippen LogP contribution is 2.35. The summed E-state index contributed by atoms with van der Waals surface area (Å²) < 4.78 is 19.0. The number of hydrogen-bond donors (Lipinski definition) is 1. The molecule has 0 saturated heterocycles. The van der Waals surface area contributed by atoms with E-state index in [-0.39, 0.29) is 11.9 Å². The zero-order chi connectivity index (χ0) is 15.4. The lowest BCUT2D eigenvalue weighted by atomic mass is 9.97. The summed E-state index contributed by atoms with van der Waals surface area (Å²) in [4.78, 5) is 0. The van der Waals surface area contributed by atoms with Crippen LogP contribution in [0.3, 0.4) is 0 Å². The molecule has 0 aliphatic carbocycles. The van der Waals surface area contributed by atoms with Gasteiger partial charge in [-0.15, -0.1) is 0 Å². The lowest BCUT2D eigenvalue weighted by molar-refractivity contribution is 0.404. The van der Waals surface area contributed by atoms with Crippen LogP contribution in [-0.4, -0.2) is 13.7 Å². The van der Waals surface area contributed by atoms with Crippen molar-refractivity contribution >= 4 is 23.2 Å². The molecule has 0 spiro atoms. The molecular weight excluding hydrogens is 312 g/mol. The summed E-state index contributed by atoms with van der Waals surface area (Å²) in [5.74, 6) is 0.305. The number of methoxy groups -OCH3 is 1. The highest BCUT2D eigenvalue weighted by molar-refractivity contribution is 6.31. The Labute approximate surface area is 133 Å². The highest BCUT2D eigenvalue weighted by Gasteiger charge is 2.20. The summed E-state index contributed by atoms with van der Waals surface area (Å²) in [5.41, 5.74) is 1.52. The number of halogens is 3. The van der Waals surface area contributed by atoms with Crippen molar-refractivity contribution in [2.24, 2.45) is 0 Å². The minimum atomic E-state index is -0.328. The van der Waals surface area contributed by atoms with Gasteiger partial charge in [0.1, 0.15) is 11.6 Å². The molecule has 0 heterocycles. The monoisotopic (exact) mass is 327 g/mol. The average Bonchev–Trinajstić information content (AvgIpc) is 2.48. The maximum atomic E-state index is 13.6. The van der Waals surface area contributed by atoms with Gasteiger partial charge >= 0.3 is 0 Å². The predicted molar refractivity (Wildman–Crippen MR) is 84.9 cm³/mol. The Hall–Kier alpha value is -1.29. The fourth-order valence-electron chi connectivity index (χ4n) is 2.25. The third kappa shape index (κ3) is 3.67. The summed E-state index contributed by atoms with van der Waals surface area (Å²) >= 11 is 12.2. The molecule has 0 amide bonds. The normalized spacial score (nSPS) is 12.2. The van der Waals surface area contributed by atoms with Crippen molar-refractivity contribution in [3.8, 4) is 5.75 Å². The molecule has 0 aromatic heterocycles. The van der Waals surface area contributed by atoms with Gasteiger partial charge in [0.25, 0.3) is 0 Å². The molecule has 2 aromatic rings. The molecule has 5 heteroatoms. The molecule has 112 valence electrons. The van der Waals surface area contributed by atoms with E-state index in [2.05, 4.69) is 5.32 Å². The standard InChI is InChI=1S/C16H16Cl2FNO/c1-3-20-16(13-9-11(19)5-7-14(13)18)12-6-4-10(17)8-15(12)21-2/h4-9,16,20H,3H2,1-2H3. The van der Waals surface area contributed by atoms with E-state index in [1.165, 1.54) is 12.1 Å². The Balaban J connectivity index is 2.55. The van der Waals surface area contributed by atoms with E-state index >= 15 is 0 Å². The van der Waals surface area contributed by atoms with Crippen LogP contribution < -0.4 is 10.1 Å². The fraction of sp³-hybridized carbons (Fsp3) is 0.250. The Morgan fingerprint density at radius 2 is 1.90 bits per heavy atom. The second-order valence-corrected chi connectivity index (χ2v) is 5.39. The Bertz CT molecular complexity index is 634. The maximum absolute atomic E-state index is 13.6. The van der Waals surface area contributed by atoms with E-state index in [0.717, 1.165) is 5.56 Å². The topological polar surface area (TPSA) is 21.3 Å². The van der Waals surface area contributed by atoms with Gasteiger partial charge in [-0.25, -0.2) is 4.39 Å². The van der Waals surface area contributed by atoms with Crippen molar-refractivity contribution in [1.29, 1.82) is 0 Å².